The molecule has 2 rings (SSSR count). The molecule has 0 heterocycles. The zero-order chi connectivity index (χ0) is 14.7. The van der Waals surface area contributed by atoms with Crippen molar-refractivity contribution in [3.8, 4) is 0 Å². The highest BCUT2D eigenvalue weighted by atomic mass is 79.9. The first kappa shape index (κ1) is 15.0. The van der Waals surface area contributed by atoms with E-state index in [1.165, 1.54) is 16.7 Å². The minimum atomic E-state index is -0.00499. The highest BCUT2D eigenvalue weighted by molar-refractivity contribution is 9.10. The molecule has 2 aromatic rings. The molecule has 4 heteroatoms. The monoisotopic (exact) mass is 333 g/mol. The number of rotatable bonds is 4. The molecule has 0 aromatic heterocycles. The summed E-state index contributed by atoms with van der Waals surface area (Å²) >= 11 is 3.48. The number of nitrogen functional groups attached to an aromatic ring is 1. The largest absolute Gasteiger partial charge is 0.398 e. The zero-order valence-corrected chi connectivity index (χ0v) is 13.4. The normalized spacial score (nSPS) is 12.4. The summed E-state index contributed by atoms with van der Waals surface area (Å²) < 4.78 is 1.00. The van der Waals surface area contributed by atoms with E-state index in [1.54, 1.807) is 0 Å². The van der Waals surface area contributed by atoms with Crippen molar-refractivity contribution in [3.63, 3.8) is 0 Å². The quantitative estimate of drug-likeness (QED) is 0.456. The molecule has 0 amide bonds. The second kappa shape index (κ2) is 6.39. The summed E-state index contributed by atoms with van der Waals surface area (Å²) in [5.74, 6) is 5.72. The Kier molecular flexibility index (Phi) is 4.81. The van der Waals surface area contributed by atoms with Gasteiger partial charge >= 0.3 is 0 Å². The van der Waals surface area contributed by atoms with Crippen molar-refractivity contribution in [1.82, 2.24) is 5.43 Å². The number of hydrazine groups is 1. The van der Waals surface area contributed by atoms with Crippen molar-refractivity contribution in [1.29, 1.82) is 0 Å². The predicted molar refractivity (Wildman–Crippen MR) is 88.2 cm³/mol. The SMILES string of the molecule is Cc1ccc(CC(NN)c2cc(Br)ccc2N)cc1C. The third kappa shape index (κ3) is 3.39. The Morgan fingerprint density at radius 2 is 1.85 bits per heavy atom. The lowest BCUT2D eigenvalue weighted by Gasteiger charge is -2.19. The van der Waals surface area contributed by atoms with Gasteiger partial charge in [0, 0.05) is 10.2 Å². The van der Waals surface area contributed by atoms with E-state index in [1.807, 2.05) is 18.2 Å². The standard InChI is InChI=1S/C16H20BrN3/c1-10-3-4-12(7-11(10)2)8-16(20-19)14-9-13(17)5-6-15(14)18/h3-7,9,16,20H,8,18-19H2,1-2H3. The molecule has 2 aromatic carbocycles. The summed E-state index contributed by atoms with van der Waals surface area (Å²) in [6.45, 7) is 4.24. The first-order chi connectivity index (χ1) is 9.51. The van der Waals surface area contributed by atoms with Gasteiger partial charge in [-0.1, -0.05) is 34.1 Å². The van der Waals surface area contributed by atoms with Gasteiger partial charge in [-0.2, -0.15) is 0 Å². The molecule has 0 radical (unpaired) electrons. The van der Waals surface area contributed by atoms with E-state index >= 15 is 0 Å². The van der Waals surface area contributed by atoms with Gasteiger partial charge in [0.05, 0.1) is 6.04 Å². The first-order valence-electron chi connectivity index (χ1n) is 6.58. The molecule has 20 heavy (non-hydrogen) atoms. The molecule has 3 nitrogen and oxygen atoms in total. The third-order valence-corrected chi connectivity index (χ3v) is 4.13. The number of nitrogens with one attached hydrogen (secondary N) is 1. The zero-order valence-electron chi connectivity index (χ0n) is 11.8. The van der Waals surface area contributed by atoms with Crippen LogP contribution in [0.5, 0.6) is 0 Å². The van der Waals surface area contributed by atoms with Crippen molar-refractivity contribution in [3.05, 3.63) is 63.1 Å². The Balaban J connectivity index is 2.28. The Morgan fingerprint density at radius 3 is 2.50 bits per heavy atom. The number of hydrogen-bond donors (Lipinski definition) is 3. The third-order valence-electron chi connectivity index (χ3n) is 3.64. The summed E-state index contributed by atoms with van der Waals surface area (Å²) in [6.07, 6.45) is 0.804. The summed E-state index contributed by atoms with van der Waals surface area (Å²) in [7, 11) is 0. The summed E-state index contributed by atoms with van der Waals surface area (Å²) in [5, 5.41) is 0. The summed E-state index contributed by atoms with van der Waals surface area (Å²) in [6, 6.07) is 12.3. The Hall–Kier alpha value is -1.36. The van der Waals surface area contributed by atoms with Crippen LogP contribution in [0.3, 0.4) is 0 Å². The van der Waals surface area contributed by atoms with Gasteiger partial charge in [0.15, 0.2) is 0 Å². The number of halogens is 1. The number of nitrogens with two attached hydrogens (primary N) is 2. The van der Waals surface area contributed by atoms with Crippen LogP contribution in [0.4, 0.5) is 5.69 Å². The molecule has 0 aliphatic carbocycles. The van der Waals surface area contributed by atoms with Gasteiger partial charge in [-0.3, -0.25) is 11.3 Å². The summed E-state index contributed by atoms with van der Waals surface area (Å²) in [5.41, 5.74) is 14.5. The van der Waals surface area contributed by atoms with Gasteiger partial charge in [0.2, 0.25) is 0 Å². The highest BCUT2D eigenvalue weighted by Crippen LogP contribution is 2.27. The van der Waals surface area contributed by atoms with Crippen LogP contribution in [0.2, 0.25) is 0 Å². The first-order valence-corrected chi connectivity index (χ1v) is 7.37. The van der Waals surface area contributed by atoms with Crippen LogP contribution in [0.1, 0.15) is 28.3 Å². The average Bonchev–Trinajstić information content (AvgIpc) is 2.43. The molecule has 0 spiro atoms. The highest BCUT2D eigenvalue weighted by Gasteiger charge is 2.14. The van der Waals surface area contributed by atoms with Crippen LogP contribution in [0.15, 0.2) is 40.9 Å². The lowest BCUT2D eigenvalue weighted by atomic mass is 9.96. The average molecular weight is 334 g/mol. The number of anilines is 1. The van der Waals surface area contributed by atoms with E-state index < -0.39 is 0 Å². The van der Waals surface area contributed by atoms with Gasteiger partial charge in [-0.25, -0.2) is 0 Å². The van der Waals surface area contributed by atoms with Gasteiger partial charge < -0.3 is 5.73 Å². The molecular formula is C16H20BrN3. The maximum atomic E-state index is 6.06. The molecule has 0 saturated carbocycles. The van der Waals surface area contributed by atoms with Crippen molar-refractivity contribution < 1.29 is 0 Å². The maximum absolute atomic E-state index is 6.06. The van der Waals surface area contributed by atoms with Crippen LogP contribution in [0.25, 0.3) is 0 Å². The number of benzene rings is 2. The topological polar surface area (TPSA) is 64.1 Å². The molecule has 1 atom stereocenters. The van der Waals surface area contributed by atoms with Crippen LogP contribution in [-0.2, 0) is 6.42 Å². The lowest BCUT2D eigenvalue weighted by Crippen LogP contribution is -2.30. The molecular weight excluding hydrogens is 314 g/mol. The number of aryl methyl sites for hydroxylation is 2. The Morgan fingerprint density at radius 1 is 1.10 bits per heavy atom. The molecule has 5 N–H and O–H groups in total. The second-order valence-corrected chi connectivity index (χ2v) is 6.03. The van der Waals surface area contributed by atoms with Crippen LogP contribution in [-0.4, -0.2) is 0 Å². The van der Waals surface area contributed by atoms with E-state index in [2.05, 4.69) is 53.4 Å². The van der Waals surface area contributed by atoms with E-state index in [0.29, 0.717) is 0 Å². The minimum absolute atomic E-state index is 0.00499. The van der Waals surface area contributed by atoms with E-state index in [9.17, 15) is 0 Å². The predicted octanol–water partition coefficient (Wildman–Crippen LogP) is 3.40. The Bertz CT molecular complexity index is 611. The lowest BCUT2D eigenvalue weighted by molar-refractivity contribution is 0.553. The molecule has 106 valence electrons. The van der Waals surface area contributed by atoms with E-state index in [-0.39, 0.29) is 6.04 Å². The minimum Gasteiger partial charge on any atom is -0.398 e. The van der Waals surface area contributed by atoms with Gasteiger partial charge in [0.1, 0.15) is 0 Å². The molecule has 0 aliphatic heterocycles. The van der Waals surface area contributed by atoms with E-state index in [0.717, 1.165) is 22.1 Å². The second-order valence-electron chi connectivity index (χ2n) is 5.12. The molecule has 0 fully saturated rings. The van der Waals surface area contributed by atoms with Crippen LogP contribution in [0, 0.1) is 13.8 Å². The van der Waals surface area contributed by atoms with Gasteiger partial charge in [0.25, 0.3) is 0 Å². The van der Waals surface area contributed by atoms with Crippen molar-refractivity contribution >= 4 is 21.6 Å². The smallest absolute Gasteiger partial charge is 0.0521 e. The van der Waals surface area contributed by atoms with Crippen LogP contribution < -0.4 is 17.0 Å². The molecule has 0 bridgehead atoms. The van der Waals surface area contributed by atoms with E-state index in [4.69, 9.17) is 11.6 Å². The van der Waals surface area contributed by atoms with Gasteiger partial charge in [-0.05, 0) is 60.7 Å². The fraction of sp³-hybridized carbons (Fsp3) is 0.250. The summed E-state index contributed by atoms with van der Waals surface area (Å²) in [4.78, 5) is 0. The maximum Gasteiger partial charge on any atom is 0.0521 e. The van der Waals surface area contributed by atoms with Crippen molar-refractivity contribution in [2.75, 3.05) is 5.73 Å². The molecule has 1 unspecified atom stereocenters. The fourth-order valence-corrected chi connectivity index (χ4v) is 2.65. The fourth-order valence-electron chi connectivity index (χ4n) is 2.27. The van der Waals surface area contributed by atoms with Crippen LogP contribution >= 0.6 is 15.9 Å². The number of hydrogen-bond acceptors (Lipinski definition) is 3. The molecule has 0 saturated heterocycles. The van der Waals surface area contributed by atoms with Crippen molar-refractivity contribution in [2.24, 2.45) is 5.84 Å². The Labute approximate surface area is 128 Å². The van der Waals surface area contributed by atoms with Crippen molar-refractivity contribution in [2.45, 2.75) is 26.3 Å². The van der Waals surface area contributed by atoms with Gasteiger partial charge in [-0.15, -0.1) is 0 Å². The molecule has 0 aliphatic rings.